The van der Waals surface area contributed by atoms with E-state index in [1.807, 2.05) is 4.90 Å². The van der Waals surface area contributed by atoms with Crippen LogP contribution in [-0.4, -0.2) is 83.7 Å². The van der Waals surface area contributed by atoms with Gasteiger partial charge in [0.15, 0.2) is 5.13 Å². The maximum absolute atomic E-state index is 12.4. The SMILES string of the molecule is CC(=O)N1CCN(CC(=O)Nc2nccs2)C(C(=O)N(C)C)C1. The van der Waals surface area contributed by atoms with Crippen LogP contribution in [0, 0.1) is 0 Å². The monoisotopic (exact) mass is 339 g/mol. The van der Waals surface area contributed by atoms with Crippen molar-refractivity contribution in [3.8, 4) is 0 Å². The van der Waals surface area contributed by atoms with Gasteiger partial charge >= 0.3 is 0 Å². The van der Waals surface area contributed by atoms with Gasteiger partial charge in [0.1, 0.15) is 6.04 Å². The second-order valence-electron chi connectivity index (χ2n) is 5.57. The summed E-state index contributed by atoms with van der Waals surface area (Å²) >= 11 is 1.34. The zero-order valence-electron chi connectivity index (χ0n) is 13.5. The van der Waals surface area contributed by atoms with Gasteiger partial charge in [-0.15, -0.1) is 11.3 Å². The Labute approximate surface area is 139 Å². The van der Waals surface area contributed by atoms with E-state index in [9.17, 15) is 14.4 Å². The third-order valence-corrected chi connectivity index (χ3v) is 4.38. The summed E-state index contributed by atoms with van der Waals surface area (Å²) in [5, 5.41) is 5.03. The molecule has 23 heavy (non-hydrogen) atoms. The summed E-state index contributed by atoms with van der Waals surface area (Å²) in [6.07, 6.45) is 1.62. The molecule has 1 fully saturated rings. The molecule has 0 aromatic carbocycles. The minimum absolute atomic E-state index is 0.0616. The van der Waals surface area contributed by atoms with Crippen LogP contribution in [0.5, 0.6) is 0 Å². The first-order chi connectivity index (χ1) is 10.9. The van der Waals surface area contributed by atoms with Crippen LogP contribution in [0.25, 0.3) is 0 Å². The Hall–Kier alpha value is -2.00. The second kappa shape index (κ2) is 7.51. The molecule has 1 unspecified atom stereocenters. The van der Waals surface area contributed by atoms with E-state index in [0.29, 0.717) is 24.8 Å². The normalized spacial score (nSPS) is 18.6. The van der Waals surface area contributed by atoms with Crippen molar-refractivity contribution in [1.82, 2.24) is 19.7 Å². The number of carbonyl (C=O) groups is 3. The predicted molar refractivity (Wildman–Crippen MR) is 87.1 cm³/mol. The van der Waals surface area contributed by atoms with Crippen molar-refractivity contribution in [3.63, 3.8) is 0 Å². The van der Waals surface area contributed by atoms with E-state index in [1.54, 1.807) is 30.6 Å². The maximum Gasteiger partial charge on any atom is 0.241 e. The van der Waals surface area contributed by atoms with E-state index in [2.05, 4.69) is 10.3 Å². The van der Waals surface area contributed by atoms with Crippen molar-refractivity contribution in [2.45, 2.75) is 13.0 Å². The average molecular weight is 339 g/mol. The van der Waals surface area contributed by atoms with Crippen LogP contribution in [0.15, 0.2) is 11.6 Å². The average Bonchev–Trinajstić information content (AvgIpc) is 2.99. The van der Waals surface area contributed by atoms with Gasteiger partial charge in [0.05, 0.1) is 6.54 Å². The molecule has 9 heteroatoms. The molecule has 1 aliphatic rings. The van der Waals surface area contributed by atoms with Crippen LogP contribution in [0.2, 0.25) is 0 Å². The number of piperazine rings is 1. The van der Waals surface area contributed by atoms with Gasteiger partial charge in [0, 0.05) is 52.2 Å². The Morgan fingerprint density at radius 1 is 1.39 bits per heavy atom. The van der Waals surface area contributed by atoms with E-state index < -0.39 is 6.04 Å². The highest BCUT2D eigenvalue weighted by molar-refractivity contribution is 7.13. The van der Waals surface area contributed by atoms with E-state index in [-0.39, 0.29) is 24.3 Å². The molecule has 0 aliphatic carbocycles. The molecule has 2 rings (SSSR count). The van der Waals surface area contributed by atoms with Gasteiger partial charge in [-0.25, -0.2) is 4.98 Å². The Morgan fingerprint density at radius 2 is 2.13 bits per heavy atom. The fourth-order valence-corrected chi connectivity index (χ4v) is 3.00. The molecular formula is C14H21N5O3S. The first-order valence-electron chi connectivity index (χ1n) is 7.28. The third-order valence-electron chi connectivity index (χ3n) is 3.69. The highest BCUT2D eigenvalue weighted by atomic mass is 32.1. The fourth-order valence-electron chi connectivity index (χ4n) is 2.46. The number of aromatic nitrogens is 1. The van der Waals surface area contributed by atoms with Crippen LogP contribution < -0.4 is 5.32 Å². The van der Waals surface area contributed by atoms with Crippen molar-refractivity contribution in [3.05, 3.63) is 11.6 Å². The fraction of sp³-hybridized carbons (Fsp3) is 0.571. The smallest absolute Gasteiger partial charge is 0.241 e. The van der Waals surface area contributed by atoms with Crippen LogP contribution in [0.3, 0.4) is 0 Å². The van der Waals surface area contributed by atoms with Gasteiger partial charge < -0.3 is 15.1 Å². The molecule has 3 amide bonds. The lowest BCUT2D eigenvalue weighted by molar-refractivity contribution is -0.141. The lowest BCUT2D eigenvalue weighted by atomic mass is 10.1. The minimum atomic E-state index is -0.510. The van der Waals surface area contributed by atoms with Crippen LogP contribution >= 0.6 is 11.3 Å². The van der Waals surface area contributed by atoms with E-state index >= 15 is 0 Å². The number of hydrogen-bond acceptors (Lipinski definition) is 6. The molecule has 126 valence electrons. The first-order valence-corrected chi connectivity index (χ1v) is 8.16. The molecule has 8 nitrogen and oxygen atoms in total. The summed E-state index contributed by atoms with van der Waals surface area (Å²) in [6, 6.07) is -0.510. The van der Waals surface area contributed by atoms with Crippen molar-refractivity contribution in [1.29, 1.82) is 0 Å². The van der Waals surface area contributed by atoms with E-state index in [0.717, 1.165) is 0 Å². The number of hydrogen-bond donors (Lipinski definition) is 1. The standard InChI is InChI=1S/C14H21N5O3S/c1-10(20)18-5-6-19(11(8-18)13(22)17(2)3)9-12(21)16-14-15-4-7-23-14/h4,7,11H,5-6,8-9H2,1-3H3,(H,15,16,21). The molecule has 1 aliphatic heterocycles. The number of amides is 3. The lowest BCUT2D eigenvalue weighted by Gasteiger charge is -2.40. The van der Waals surface area contributed by atoms with Crippen molar-refractivity contribution < 1.29 is 14.4 Å². The molecule has 1 aromatic rings. The summed E-state index contributed by atoms with van der Waals surface area (Å²) < 4.78 is 0. The molecule has 1 saturated heterocycles. The molecule has 2 heterocycles. The Kier molecular flexibility index (Phi) is 5.67. The molecule has 0 saturated carbocycles. The van der Waals surface area contributed by atoms with Gasteiger partial charge in [-0.2, -0.15) is 0 Å². The van der Waals surface area contributed by atoms with E-state index in [4.69, 9.17) is 0 Å². The third kappa shape index (κ3) is 4.49. The second-order valence-corrected chi connectivity index (χ2v) is 6.46. The predicted octanol–water partition coefficient (Wildman–Crippen LogP) is -0.297. The minimum Gasteiger partial charge on any atom is -0.347 e. The van der Waals surface area contributed by atoms with Gasteiger partial charge in [0.25, 0.3) is 0 Å². The molecular weight excluding hydrogens is 318 g/mol. The van der Waals surface area contributed by atoms with Gasteiger partial charge in [-0.05, 0) is 0 Å². The molecule has 0 radical (unpaired) electrons. The highest BCUT2D eigenvalue weighted by Gasteiger charge is 2.35. The molecule has 1 atom stereocenters. The number of carbonyl (C=O) groups excluding carboxylic acids is 3. The van der Waals surface area contributed by atoms with Crippen molar-refractivity contribution in [2.75, 3.05) is 45.6 Å². The van der Waals surface area contributed by atoms with Crippen LogP contribution in [0.1, 0.15) is 6.92 Å². The number of rotatable bonds is 4. The molecule has 0 spiro atoms. The molecule has 0 bridgehead atoms. The van der Waals surface area contributed by atoms with Crippen LogP contribution in [-0.2, 0) is 14.4 Å². The lowest BCUT2D eigenvalue weighted by Crippen LogP contribution is -2.60. The zero-order valence-corrected chi connectivity index (χ0v) is 14.3. The summed E-state index contributed by atoms with van der Waals surface area (Å²) in [7, 11) is 3.34. The summed E-state index contributed by atoms with van der Waals surface area (Å²) in [6.45, 7) is 2.88. The molecule has 1 N–H and O–H groups in total. The van der Waals surface area contributed by atoms with Crippen LogP contribution in [0.4, 0.5) is 5.13 Å². The first kappa shape index (κ1) is 17.4. The van der Waals surface area contributed by atoms with E-state index in [1.165, 1.54) is 23.2 Å². The molecule has 1 aromatic heterocycles. The van der Waals surface area contributed by atoms with Gasteiger partial charge in [0.2, 0.25) is 17.7 Å². The highest BCUT2D eigenvalue weighted by Crippen LogP contribution is 2.14. The van der Waals surface area contributed by atoms with Gasteiger partial charge in [-0.1, -0.05) is 0 Å². The Balaban J connectivity index is 2.03. The quantitative estimate of drug-likeness (QED) is 0.814. The summed E-state index contributed by atoms with van der Waals surface area (Å²) in [4.78, 5) is 45.0. The summed E-state index contributed by atoms with van der Waals surface area (Å²) in [5.41, 5.74) is 0. The number of likely N-dealkylation sites (N-methyl/N-ethyl adjacent to an activating group) is 1. The number of anilines is 1. The largest absolute Gasteiger partial charge is 0.347 e. The number of nitrogens with zero attached hydrogens (tertiary/aromatic N) is 4. The van der Waals surface area contributed by atoms with Crippen molar-refractivity contribution in [2.24, 2.45) is 0 Å². The Morgan fingerprint density at radius 3 is 2.70 bits per heavy atom. The topological polar surface area (TPSA) is 85.9 Å². The zero-order chi connectivity index (χ0) is 17.0. The van der Waals surface area contributed by atoms with Crippen molar-refractivity contribution >= 4 is 34.2 Å². The number of nitrogens with one attached hydrogen (secondary N) is 1. The summed E-state index contributed by atoms with van der Waals surface area (Å²) in [5.74, 6) is -0.390. The Bertz CT molecular complexity index is 575. The number of thiazole rings is 1. The maximum atomic E-state index is 12.4. The van der Waals surface area contributed by atoms with Gasteiger partial charge in [-0.3, -0.25) is 19.3 Å².